The van der Waals surface area contributed by atoms with Gasteiger partial charge in [-0.2, -0.15) is 0 Å². The van der Waals surface area contributed by atoms with Crippen LogP contribution < -0.4 is 4.74 Å². The van der Waals surface area contributed by atoms with Crippen LogP contribution in [0.25, 0.3) is 0 Å². The van der Waals surface area contributed by atoms with Gasteiger partial charge in [-0.1, -0.05) is 12.1 Å². The smallest absolute Gasteiger partial charge is 0.211 e. The maximum Gasteiger partial charge on any atom is 0.211 e. The van der Waals surface area contributed by atoms with E-state index in [-0.39, 0.29) is 18.7 Å². The van der Waals surface area contributed by atoms with Crippen LogP contribution in [0.2, 0.25) is 0 Å². The molecule has 0 heterocycles. The molecule has 0 saturated heterocycles. The van der Waals surface area contributed by atoms with Crippen molar-refractivity contribution in [1.82, 2.24) is 0 Å². The molecule has 0 aliphatic heterocycles. The Labute approximate surface area is 99.5 Å². The largest absolute Gasteiger partial charge is 0.497 e. The molecule has 0 amide bonds. The number of ether oxygens (including phenoxy) is 1. The Kier molecular flexibility index (Phi) is 4.63. The van der Waals surface area contributed by atoms with Crippen molar-refractivity contribution in [3.05, 3.63) is 39.9 Å². The van der Waals surface area contributed by atoms with E-state index in [9.17, 15) is 14.9 Å². The van der Waals surface area contributed by atoms with Gasteiger partial charge < -0.3 is 9.53 Å². The van der Waals surface area contributed by atoms with E-state index in [1.165, 1.54) is 14.0 Å². The van der Waals surface area contributed by atoms with Gasteiger partial charge in [0.2, 0.25) is 6.54 Å². The van der Waals surface area contributed by atoms with Gasteiger partial charge in [-0.15, -0.1) is 0 Å². The first kappa shape index (κ1) is 13.2. The van der Waals surface area contributed by atoms with Crippen LogP contribution in [0.4, 0.5) is 0 Å². The number of hydrogen-bond donors (Lipinski definition) is 0. The highest BCUT2D eigenvalue weighted by atomic mass is 16.6. The number of carbonyl (C=O) groups is 1. The summed E-state index contributed by atoms with van der Waals surface area (Å²) in [5.74, 6) is 0.191. The van der Waals surface area contributed by atoms with Gasteiger partial charge in [-0.25, -0.2) is 0 Å². The molecule has 0 saturated carbocycles. The van der Waals surface area contributed by atoms with E-state index in [0.29, 0.717) is 5.75 Å². The van der Waals surface area contributed by atoms with E-state index in [1.807, 2.05) is 0 Å². The van der Waals surface area contributed by atoms with Crippen LogP contribution in [0.5, 0.6) is 5.75 Å². The number of carbonyl (C=O) groups excluding carboxylic acids is 1. The molecule has 17 heavy (non-hydrogen) atoms. The predicted molar refractivity (Wildman–Crippen MR) is 62.9 cm³/mol. The summed E-state index contributed by atoms with van der Waals surface area (Å²) >= 11 is 0. The Hall–Kier alpha value is -1.91. The summed E-state index contributed by atoms with van der Waals surface area (Å²) in [6.07, 6.45) is 0.175. The third-order valence-corrected chi connectivity index (χ3v) is 2.47. The van der Waals surface area contributed by atoms with Gasteiger partial charge >= 0.3 is 0 Å². The summed E-state index contributed by atoms with van der Waals surface area (Å²) in [6, 6.07) is 7.04. The van der Waals surface area contributed by atoms with Crippen LogP contribution in [0.3, 0.4) is 0 Å². The number of methoxy groups -OCH3 is 1. The number of ketones is 1. The molecule has 1 aromatic rings. The average molecular weight is 237 g/mol. The second-order valence-electron chi connectivity index (χ2n) is 3.89. The first-order valence-corrected chi connectivity index (χ1v) is 5.28. The minimum atomic E-state index is -0.396. The lowest BCUT2D eigenvalue weighted by atomic mass is 9.94. The lowest BCUT2D eigenvalue weighted by molar-refractivity contribution is -0.483. The van der Waals surface area contributed by atoms with Crippen LogP contribution in [0, 0.1) is 10.1 Å². The molecule has 0 radical (unpaired) electrons. The molecule has 0 bridgehead atoms. The highest BCUT2D eigenvalue weighted by Gasteiger charge is 2.20. The van der Waals surface area contributed by atoms with Crippen molar-refractivity contribution < 1.29 is 14.5 Å². The number of hydrogen-bond acceptors (Lipinski definition) is 4. The van der Waals surface area contributed by atoms with Gasteiger partial charge in [0.25, 0.3) is 0 Å². The third kappa shape index (κ3) is 4.22. The average Bonchev–Trinajstić information content (AvgIpc) is 2.27. The van der Waals surface area contributed by atoms with Crippen molar-refractivity contribution in [3.8, 4) is 5.75 Å². The quantitative estimate of drug-likeness (QED) is 0.560. The van der Waals surface area contributed by atoms with E-state index in [4.69, 9.17) is 4.74 Å². The number of nitrogens with zero attached hydrogens (tertiary/aromatic N) is 1. The topological polar surface area (TPSA) is 69.4 Å². The van der Waals surface area contributed by atoms with Crippen molar-refractivity contribution in [1.29, 1.82) is 0 Å². The molecule has 0 aliphatic rings. The fourth-order valence-electron chi connectivity index (χ4n) is 1.71. The Morgan fingerprint density at radius 3 is 2.76 bits per heavy atom. The molecule has 0 aromatic heterocycles. The van der Waals surface area contributed by atoms with Crippen LogP contribution in [0.1, 0.15) is 24.8 Å². The number of nitro groups is 1. The normalized spacial score (nSPS) is 11.9. The fraction of sp³-hybridized carbons (Fsp3) is 0.417. The molecule has 5 nitrogen and oxygen atoms in total. The maximum atomic E-state index is 11.1. The first-order valence-electron chi connectivity index (χ1n) is 5.28. The summed E-state index contributed by atoms with van der Waals surface area (Å²) in [5, 5.41) is 10.6. The monoisotopic (exact) mass is 237 g/mol. The lowest BCUT2D eigenvalue weighted by Crippen LogP contribution is -2.15. The number of rotatable bonds is 6. The summed E-state index contributed by atoms with van der Waals surface area (Å²) in [7, 11) is 1.53. The predicted octanol–water partition coefficient (Wildman–Crippen LogP) is 2.03. The third-order valence-electron chi connectivity index (χ3n) is 2.47. The van der Waals surface area contributed by atoms with Crippen molar-refractivity contribution in [2.24, 2.45) is 0 Å². The van der Waals surface area contributed by atoms with E-state index in [1.54, 1.807) is 24.3 Å². The van der Waals surface area contributed by atoms with Gasteiger partial charge in [0.15, 0.2) is 0 Å². The summed E-state index contributed by atoms with van der Waals surface area (Å²) in [5.41, 5.74) is 0.760. The van der Waals surface area contributed by atoms with E-state index >= 15 is 0 Å². The summed E-state index contributed by atoms with van der Waals surface area (Å²) < 4.78 is 5.06. The van der Waals surface area contributed by atoms with Crippen molar-refractivity contribution in [2.45, 2.75) is 19.3 Å². The van der Waals surface area contributed by atoms with Gasteiger partial charge in [0, 0.05) is 11.3 Å². The Bertz CT molecular complexity index is 401. The molecule has 1 atom stereocenters. The first-order chi connectivity index (χ1) is 8.02. The minimum Gasteiger partial charge on any atom is -0.497 e. The standard InChI is InChI=1S/C12H15NO4/c1-9(14)6-11(8-13(15)16)10-4-3-5-12(7-10)17-2/h3-5,7,11H,6,8H2,1-2H3/t11-/m0/s1. The lowest BCUT2D eigenvalue weighted by Gasteiger charge is -2.12. The highest BCUT2D eigenvalue weighted by molar-refractivity contribution is 5.76. The molecule has 1 rings (SSSR count). The van der Waals surface area contributed by atoms with Gasteiger partial charge in [-0.3, -0.25) is 10.1 Å². The second-order valence-corrected chi connectivity index (χ2v) is 3.89. The minimum absolute atomic E-state index is 0.0559. The molecular formula is C12H15NO4. The molecule has 0 N–H and O–H groups in total. The van der Waals surface area contributed by atoms with Gasteiger partial charge in [0.05, 0.1) is 13.0 Å². The summed E-state index contributed by atoms with van der Waals surface area (Å²) in [4.78, 5) is 21.3. The molecule has 1 aromatic carbocycles. The Balaban J connectivity index is 2.94. The zero-order valence-corrected chi connectivity index (χ0v) is 9.88. The van der Waals surface area contributed by atoms with Crippen molar-refractivity contribution in [2.75, 3.05) is 13.7 Å². The SMILES string of the molecule is COc1cccc([C@@H](CC(C)=O)C[N+](=O)[O-])c1. The molecular weight excluding hydrogens is 222 g/mol. The van der Waals surface area contributed by atoms with Crippen LogP contribution >= 0.6 is 0 Å². The summed E-state index contributed by atoms with van der Waals surface area (Å²) in [6.45, 7) is 1.19. The van der Waals surface area contributed by atoms with E-state index in [2.05, 4.69) is 0 Å². The zero-order chi connectivity index (χ0) is 12.8. The molecule has 5 heteroatoms. The van der Waals surface area contributed by atoms with E-state index in [0.717, 1.165) is 5.56 Å². The zero-order valence-electron chi connectivity index (χ0n) is 9.88. The van der Waals surface area contributed by atoms with Gasteiger partial charge in [-0.05, 0) is 24.6 Å². The highest BCUT2D eigenvalue weighted by Crippen LogP contribution is 2.24. The van der Waals surface area contributed by atoms with Gasteiger partial charge in [0.1, 0.15) is 11.5 Å². The Morgan fingerprint density at radius 2 is 2.24 bits per heavy atom. The fourth-order valence-corrected chi connectivity index (χ4v) is 1.71. The second kappa shape index (κ2) is 5.98. The molecule has 0 spiro atoms. The molecule has 0 unspecified atom stereocenters. The van der Waals surface area contributed by atoms with Crippen LogP contribution in [0.15, 0.2) is 24.3 Å². The number of benzene rings is 1. The van der Waals surface area contributed by atoms with Crippen molar-refractivity contribution >= 4 is 5.78 Å². The maximum absolute atomic E-state index is 11.1. The Morgan fingerprint density at radius 1 is 1.53 bits per heavy atom. The number of Topliss-reactive ketones (excluding diaryl/α,β-unsaturated/α-hetero) is 1. The van der Waals surface area contributed by atoms with Crippen molar-refractivity contribution in [3.63, 3.8) is 0 Å². The van der Waals surface area contributed by atoms with E-state index < -0.39 is 10.8 Å². The van der Waals surface area contributed by atoms with Crippen LogP contribution in [-0.4, -0.2) is 24.4 Å². The van der Waals surface area contributed by atoms with Crippen LogP contribution in [-0.2, 0) is 4.79 Å². The molecule has 0 fully saturated rings. The molecule has 0 aliphatic carbocycles. The molecule has 92 valence electrons.